The molecule has 4 heteroatoms. The molecule has 2 heterocycles. The van der Waals surface area contributed by atoms with E-state index in [1.165, 1.54) is 37.0 Å². The lowest BCUT2D eigenvalue weighted by molar-refractivity contribution is 0.270. The molecule has 2 atom stereocenters. The van der Waals surface area contributed by atoms with Gasteiger partial charge in [-0.1, -0.05) is 25.3 Å². The van der Waals surface area contributed by atoms with E-state index in [-0.39, 0.29) is 6.04 Å². The van der Waals surface area contributed by atoms with Crippen molar-refractivity contribution in [2.45, 2.75) is 51.1 Å². The van der Waals surface area contributed by atoms with E-state index >= 15 is 0 Å². The first-order chi connectivity index (χ1) is 10.3. The molecule has 1 aliphatic carbocycles. The molecule has 0 aromatic carbocycles. The molecule has 3 nitrogen and oxygen atoms in total. The lowest BCUT2D eigenvalue weighted by Gasteiger charge is -2.31. The summed E-state index contributed by atoms with van der Waals surface area (Å²) in [5.41, 5.74) is 0. The Labute approximate surface area is 131 Å². The Morgan fingerprint density at radius 1 is 1.33 bits per heavy atom. The van der Waals surface area contributed by atoms with E-state index in [0.717, 1.165) is 11.7 Å². The van der Waals surface area contributed by atoms with E-state index in [2.05, 4.69) is 46.4 Å². The molecule has 0 bridgehead atoms. The summed E-state index contributed by atoms with van der Waals surface area (Å²) in [5, 5.41) is 6.01. The molecule has 1 saturated carbocycles. The first-order valence-corrected chi connectivity index (χ1v) is 8.90. The van der Waals surface area contributed by atoms with Gasteiger partial charge in [0.05, 0.1) is 0 Å². The van der Waals surface area contributed by atoms with Gasteiger partial charge in [0.2, 0.25) is 0 Å². The zero-order chi connectivity index (χ0) is 14.7. The number of aromatic nitrogens is 2. The highest BCUT2D eigenvalue weighted by Gasteiger charge is 2.26. The SMILES string of the molecule is C[C@@H](NC(c1cccs1)c1nccn1C)C1CCCCC1. The topological polar surface area (TPSA) is 29.9 Å². The average Bonchev–Trinajstić information content (AvgIpc) is 3.17. The summed E-state index contributed by atoms with van der Waals surface area (Å²) in [6, 6.07) is 5.09. The Kier molecular flexibility index (Phi) is 4.76. The van der Waals surface area contributed by atoms with Crippen LogP contribution in [0, 0.1) is 5.92 Å². The molecular formula is C17H25N3S. The number of imidazole rings is 1. The van der Waals surface area contributed by atoms with Crippen LogP contribution in [0.4, 0.5) is 0 Å². The molecule has 1 aliphatic rings. The summed E-state index contributed by atoms with van der Waals surface area (Å²) in [6.45, 7) is 2.35. The third-order valence-corrected chi connectivity index (χ3v) is 5.67. The van der Waals surface area contributed by atoms with Crippen molar-refractivity contribution in [3.8, 4) is 0 Å². The minimum absolute atomic E-state index is 0.210. The molecule has 21 heavy (non-hydrogen) atoms. The molecule has 2 aromatic rings. The Balaban J connectivity index is 1.78. The normalized spacial score (nSPS) is 19.5. The summed E-state index contributed by atoms with van der Waals surface area (Å²) in [5.74, 6) is 1.92. The Morgan fingerprint density at radius 3 is 2.76 bits per heavy atom. The number of thiophene rings is 1. The van der Waals surface area contributed by atoms with Gasteiger partial charge < -0.3 is 9.88 Å². The van der Waals surface area contributed by atoms with Gasteiger partial charge in [0.1, 0.15) is 11.9 Å². The molecule has 0 saturated heterocycles. The highest BCUT2D eigenvalue weighted by molar-refractivity contribution is 7.10. The minimum atomic E-state index is 0.210. The van der Waals surface area contributed by atoms with Gasteiger partial charge in [-0.05, 0) is 37.1 Å². The summed E-state index contributed by atoms with van der Waals surface area (Å²) in [7, 11) is 2.08. The molecular weight excluding hydrogens is 278 g/mol. The van der Waals surface area contributed by atoms with Crippen molar-refractivity contribution in [2.75, 3.05) is 0 Å². The molecule has 114 valence electrons. The van der Waals surface area contributed by atoms with Crippen LogP contribution in [0.3, 0.4) is 0 Å². The highest BCUT2D eigenvalue weighted by Crippen LogP contribution is 2.30. The predicted octanol–water partition coefficient (Wildman–Crippen LogP) is 4.13. The molecule has 0 radical (unpaired) electrons. The van der Waals surface area contributed by atoms with E-state index in [0.29, 0.717) is 6.04 Å². The molecule has 3 rings (SSSR count). The fraction of sp³-hybridized carbons (Fsp3) is 0.588. The standard InChI is InChI=1S/C17H25N3S/c1-13(14-7-4-3-5-8-14)19-16(15-9-6-12-21-15)17-18-10-11-20(17)2/h6,9-14,16,19H,3-5,7-8H2,1-2H3/t13-,16?/m1/s1. The summed E-state index contributed by atoms with van der Waals surface area (Å²) in [4.78, 5) is 5.93. The second kappa shape index (κ2) is 6.75. The van der Waals surface area contributed by atoms with Crippen LogP contribution in [0.2, 0.25) is 0 Å². The van der Waals surface area contributed by atoms with Gasteiger partial charge in [-0.2, -0.15) is 0 Å². The van der Waals surface area contributed by atoms with Crippen LogP contribution < -0.4 is 5.32 Å². The molecule has 1 unspecified atom stereocenters. The number of hydrogen-bond donors (Lipinski definition) is 1. The van der Waals surface area contributed by atoms with Gasteiger partial charge in [-0.25, -0.2) is 4.98 Å². The Hall–Kier alpha value is -1.13. The van der Waals surface area contributed by atoms with E-state index in [4.69, 9.17) is 0 Å². The van der Waals surface area contributed by atoms with Gasteiger partial charge >= 0.3 is 0 Å². The predicted molar refractivity (Wildman–Crippen MR) is 88.5 cm³/mol. The quantitative estimate of drug-likeness (QED) is 0.900. The van der Waals surface area contributed by atoms with Crippen molar-refractivity contribution in [3.05, 3.63) is 40.6 Å². The maximum atomic E-state index is 4.58. The van der Waals surface area contributed by atoms with Crippen LogP contribution >= 0.6 is 11.3 Å². The molecule has 0 amide bonds. The van der Waals surface area contributed by atoms with Crippen LogP contribution in [0.15, 0.2) is 29.9 Å². The van der Waals surface area contributed by atoms with Crippen molar-refractivity contribution in [1.29, 1.82) is 0 Å². The number of nitrogens with zero attached hydrogens (tertiary/aromatic N) is 2. The second-order valence-corrected chi connectivity index (χ2v) is 7.18. The number of rotatable bonds is 5. The zero-order valence-electron chi connectivity index (χ0n) is 13.0. The number of hydrogen-bond acceptors (Lipinski definition) is 3. The lowest BCUT2D eigenvalue weighted by atomic mass is 9.84. The average molecular weight is 303 g/mol. The smallest absolute Gasteiger partial charge is 0.131 e. The van der Waals surface area contributed by atoms with Gasteiger partial charge in [0.15, 0.2) is 0 Å². The molecule has 0 aliphatic heterocycles. The first-order valence-electron chi connectivity index (χ1n) is 8.02. The van der Waals surface area contributed by atoms with Gasteiger partial charge in [-0.3, -0.25) is 0 Å². The largest absolute Gasteiger partial charge is 0.336 e. The van der Waals surface area contributed by atoms with E-state index in [1.54, 1.807) is 0 Å². The van der Waals surface area contributed by atoms with E-state index in [9.17, 15) is 0 Å². The zero-order valence-corrected chi connectivity index (χ0v) is 13.8. The van der Waals surface area contributed by atoms with Gasteiger partial charge in [0, 0.05) is 30.4 Å². The molecule has 1 N–H and O–H groups in total. The second-order valence-electron chi connectivity index (χ2n) is 6.20. The van der Waals surface area contributed by atoms with Crippen LogP contribution in [-0.2, 0) is 7.05 Å². The van der Waals surface area contributed by atoms with Crippen molar-refractivity contribution in [3.63, 3.8) is 0 Å². The maximum Gasteiger partial charge on any atom is 0.131 e. The Bertz CT molecular complexity index is 540. The van der Waals surface area contributed by atoms with Crippen LogP contribution in [0.1, 0.15) is 55.8 Å². The van der Waals surface area contributed by atoms with Crippen LogP contribution in [0.5, 0.6) is 0 Å². The molecule has 0 spiro atoms. The maximum absolute atomic E-state index is 4.58. The van der Waals surface area contributed by atoms with Crippen molar-refractivity contribution < 1.29 is 0 Å². The first kappa shape index (κ1) is 14.8. The lowest BCUT2D eigenvalue weighted by Crippen LogP contribution is -2.38. The monoisotopic (exact) mass is 303 g/mol. The number of nitrogens with one attached hydrogen (secondary N) is 1. The van der Waals surface area contributed by atoms with E-state index < -0.39 is 0 Å². The fourth-order valence-electron chi connectivity index (χ4n) is 3.43. The van der Waals surface area contributed by atoms with Crippen molar-refractivity contribution >= 4 is 11.3 Å². The summed E-state index contributed by atoms with van der Waals surface area (Å²) >= 11 is 1.81. The molecule has 1 fully saturated rings. The third-order valence-electron chi connectivity index (χ3n) is 4.73. The highest BCUT2D eigenvalue weighted by atomic mass is 32.1. The molecule has 2 aromatic heterocycles. The number of aryl methyl sites for hydroxylation is 1. The fourth-order valence-corrected chi connectivity index (χ4v) is 4.21. The minimum Gasteiger partial charge on any atom is -0.336 e. The van der Waals surface area contributed by atoms with Gasteiger partial charge in [0.25, 0.3) is 0 Å². The van der Waals surface area contributed by atoms with E-state index in [1.807, 2.05) is 23.7 Å². The van der Waals surface area contributed by atoms with Crippen LogP contribution in [-0.4, -0.2) is 15.6 Å². The van der Waals surface area contributed by atoms with Gasteiger partial charge in [-0.15, -0.1) is 11.3 Å². The summed E-state index contributed by atoms with van der Waals surface area (Å²) < 4.78 is 2.13. The Morgan fingerprint density at radius 2 is 2.14 bits per heavy atom. The summed E-state index contributed by atoms with van der Waals surface area (Å²) in [6.07, 6.45) is 10.9. The van der Waals surface area contributed by atoms with Crippen molar-refractivity contribution in [1.82, 2.24) is 14.9 Å². The third kappa shape index (κ3) is 3.38. The van der Waals surface area contributed by atoms with Crippen LogP contribution in [0.25, 0.3) is 0 Å². The van der Waals surface area contributed by atoms with Crippen molar-refractivity contribution in [2.24, 2.45) is 13.0 Å².